The first-order chi connectivity index (χ1) is 13.2. The third-order valence-corrected chi connectivity index (χ3v) is 4.91. The molecule has 0 radical (unpaired) electrons. The molecule has 0 spiro atoms. The molecule has 6 nitrogen and oxygen atoms in total. The lowest BCUT2D eigenvalue weighted by molar-refractivity contribution is 0.242. The van der Waals surface area contributed by atoms with Crippen molar-refractivity contribution in [1.82, 2.24) is 14.7 Å². The number of nitrogens with zero attached hydrogens (tertiary/aromatic N) is 3. The molecular weight excluding hydrogens is 340 g/mol. The number of methoxy groups -OCH3 is 1. The van der Waals surface area contributed by atoms with E-state index in [2.05, 4.69) is 16.1 Å². The predicted octanol–water partition coefficient (Wildman–Crippen LogP) is 2.60. The summed E-state index contributed by atoms with van der Waals surface area (Å²) >= 11 is 0. The number of nitriles is 1. The van der Waals surface area contributed by atoms with E-state index in [1.165, 1.54) is 0 Å². The molecule has 1 aromatic heterocycles. The lowest BCUT2D eigenvalue weighted by Gasteiger charge is -2.25. The van der Waals surface area contributed by atoms with E-state index in [1.807, 2.05) is 48.5 Å². The van der Waals surface area contributed by atoms with Gasteiger partial charge in [-0.1, -0.05) is 18.2 Å². The zero-order chi connectivity index (χ0) is 18.8. The fourth-order valence-corrected chi connectivity index (χ4v) is 3.54. The molecule has 0 fully saturated rings. The molecule has 0 unspecified atom stereocenters. The highest BCUT2D eigenvalue weighted by atomic mass is 16.5. The van der Waals surface area contributed by atoms with Crippen LogP contribution in [0.25, 0.3) is 5.69 Å². The topological polar surface area (TPSA) is 74.0 Å². The van der Waals surface area contributed by atoms with E-state index in [-0.39, 0.29) is 5.56 Å². The van der Waals surface area contributed by atoms with Crippen LogP contribution in [0.4, 0.5) is 0 Å². The minimum absolute atomic E-state index is 0.00406. The highest BCUT2D eigenvalue weighted by Gasteiger charge is 2.23. The van der Waals surface area contributed by atoms with E-state index in [0.717, 1.165) is 35.6 Å². The van der Waals surface area contributed by atoms with Crippen LogP contribution in [0.15, 0.2) is 53.3 Å². The Bertz CT molecular complexity index is 1070. The van der Waals surface area contributed by atoms with Gasteiger partial charge in [-0.15, -0.1) is 0 Å². The summed E-state index contributed by atoms with van der Waals surface area (Å²) in [6.45, 7) is 2.24. The summed E-state index contributed by atoms with van der Waals surface area (Å²) in [4.78, 5) is 15.1. The van der Waals surface area contributed by atoms with Crippen molar-refractivity contribution in [1.29, 1.82) is 5.26 Å². The maximum absolute atomic E-state index is 12.8. The minimum atomic E-state index is 0.00406. The van der Waals surface area contributed by atoms with Crippen LogP contribution in [0.1, 0.15) is 22.4 Å². The van der Waals surface area contributed by atoms with E-state index >= 15 is 0 Å². The average Bonchev–Trinajstić information content (AvgIpc) is 3.04. The van der Waals surface area contributed by atoms with Gasteiger partial charge in [0.2, 0.25) is 0 Å². The van der Waals surface area contributed by atoms with Crippen molar-refractivity contribution in [2.75, 3.05) is 13.7 Å². The highest BCUT2D eigenvalue weighted by molar-refractivity contribution is 5.40. The van der Waals surface area contributed by atoms with Crippen LogP contribution < -0.4 is 10.3 Å². The number of fused-ring (bicyclic) bond motifs is 1. The Morgan fingerprint density at radius 3 is 2.89 bits per heavy atom. The lowest BCUT2D eigenvalue weighted by atomic mass is 10.1. The molecule has 0 bridgehead atoms. The predicted molar refractivity (Wildman–Crippen MR) is 102 cm³/mol. The molecule has 3 aromatic rings. The van der Waals surface area contributed by atoms with Gasteiger partial charge in [0.1, 0.15) is 5.75 Å². The third kappa shape index (κ3) is 3.37. The molecule has 1 aliphatic heterocycles. The number of aromatic nitrogens is 2. The van der Waals surface area contributed by atoms with Gasteiger partial charge in [-0.05, 0) is 36.2 Å². The first-order valence-corrected chi connectivity index (χ1v) is 8.86. The van der Waals surface area contributed by atoms with Crippen molar-refractivity contribution in [3.05, 3.63) is 81.3 Å². The zero-order valence-electron chi connectivity index (χ0n) is 15.1. The Morgan fingerprint density at radius 2 is 2.07 bits per heavy atom. The first kappa shape index (κ1) is 17.1. The Hall–Kier alpha value is -3.30. The van der Waals surface area contributed by atoms with Gasteiger partial charge >= 0.3 is 0 Å². The maximum atomic E-state index is 12.8. The van der Waals surface area contributed by atoms with Crippen LogP contribution in [-0.2, 0) is 19.5 Å². The lowest BCUT2D eigenvalue weighted by Crippen LogP contribution is -2.31. The molecule has 6 heteroatoms. The van der Waals surface area contributed by atoms with Crippen LogP contribution >= 0.6 is 0 Å². The number of benzene rings is 2. The molecule has 0 amide bonds. The van der Waals surface area contributed by atoms with Gasteiger partial charge in [0, 0.05) is 31.3 Å². The maximum Gasteiger partial charge on any atom is 0.274 e. The first-order valence-electron chi connectivity index (χ1n) is 8.86. The standard InChI is InChI=1S/C21H20N4O2/c1-27-18-7-3-6-17(11-18)25-21(26)19-8-9-24(14-20(19)23-25)13-16-5-2-4-15(10-16)12-22/h2-7,10-11,23H,8-9,13-14H2,1H3. The van der Waals surface area contributed by atoms with Gasteiger partial charge in [-0.3, -0.25) is 14.8 Å². The van der Waals surface area contributed by atoms with Gasteiger partial charge in [-0.25, -0.2) is 4.68 Å². The van der Waals surface area contributed by atoms with Gasteiger partial charge < -0.3 is 4.74 Å². The number of hydrogen-bond acceptors (Lipinski definition) is 4. The molecule has 2 aromatic carbocycles. The largest absolute Gasteiger partial charge is 0.497 e. The van der Waals surface area contributed by atoms with Crippen molar-refractivity contribution in [2.45, 2.75) is 19.5 Å². The summed E-state index contributed by atoms with van der Waals surface area (Å²) in [5.41, 5.74) is 4.34. The summed E-state index contributed by atoms with van der Waals surface area (Å²) in [5.74, 6) is 0.714. The smallest absolute Gasteiger partial charge is 0.274 e. The number of aromatic amines is 1. The zero-order valence-corrected chi connectivity index (χ0v) is 15.1. The SMILES string of the molecule is COc1cccc(-n2[nH]c3c(c2=O)CCN(Cc2cccc(C#N)c2)C3)c1. The Morgan fingerprint density at radius 1 is 1.22 bits per heavy atom. The van der Waals surface area contributed by atoms with E-state index in [9.17, 15) is 4.79 Å². The van der Waals surface area contributed by atoms with Crippen LogP contribution in [0.5, 0.6) is 5.75 Å². The number of ether oxygens (including phenoxy) is 1. The second-order valence-electron chi connectivity index (χ2n) is 6.68. The molecule has 1 aliphatic rings. The summed E-state index contributed by atoms with van der Waals surface area (Å²) in [5, 5.41) is 12.3. The molecule has 136 valence electrons. The Balaban J connectivity index is 1.58. The van der Waals surface area contributed by atoms with Crippen molar-refractivity contribution < 1.29 is 4.74 Å². The Kier molecular flexibility index (Phi) is 4.53. The summed E-state index contributed by atoms with van der Waals surface area (Å²) < 4.78 is 6.85. The molecular formula is C21H20N4O2. The van der Waals surface area contributed by atoms with E-state index in [4.69, 9.17) is 10.00 Å². The van der Waals surface area contributed by atoms with Crippen LogP contribution in [0, 0.1) is 11.3 Å². The van der Waals surface area contributed by atoms with Gasteiger partial charge in [-0.2, -0.15) is 5.26 Å². The van der Waals surface area contributed by atoms with Crippen molar-refractivity contribution in [3.63, 3.8) is 0 Å². The molecule has 27 heavy (non-hydrogen) atoms. The van der Waals surface area contributed by atoms with Crippen LogP contribution in [-0.4, -0.2) is 28.3 Å². The van der Waals surface area contributed by atoms with E-state index < -0.39 is 0 Å². The van der Waals surface area contributed by atoms with Gasteiger partial charge in [0.25, 0.3) is 5.56 Å². The highest BCUT2D eigenvalue weighted by Crippen LogP contribution is 2.20. The number of rotatable bonds is 4. The molecule has 2 heterocycles. The number of hydrogen-bond donors (Lipinski definition) is 1. The summed E-state index contributed by atoms with van der Waals surface area (Å²) in [7, 11) is 1.61. The third-order valence-electron chi connectivity index (χ3n) is 4.91. The quantitative estimate of drug-likeness (QED) is 0.776. The van der Waals surface area contributed by atoms with Crippen LogP contribution in [0.2, 0.25) is 0 Å². The molecule has 0 saturated heterocycles. The monoisotopic (exact) mass is 360 g/mol. The van der Waals surface area contributed by atoms with Gasteiger partial charge in [0.05, 0.1) is 30.1 Å². The van der Waals surface area contributed by atoms with Gasteiger partial charge in [0.15, 0.2) is 0 Å². The Labute approximate surface area is 157 Å². The molecule has 0 aliphatic carbocycles. The number of H-pyrrole nitrogens is 1. The summed E-state index contributed by atoms with van der Waals surface area (Å²) in [6.07, 6.45) is 0.708. The fourth-order valence-electron chi connectivity index (χ4n) is 3.54. The number of nitrogens with one attached hydrogen (secondary N) is 1. The molecule has 4 rings (SSSR count). The second kappa shape index (κ2) is 7.14. The van der Waals surface area contributed by atoms with E-state index in [0.29, 0.717) is 24.3 Å². The average molecular weight is 360 g/mol. The van der Waals surface area contributed by atoms with Crippen LogP contribution in [0.3, 0.4) is 0 Å². The van der Waals surface area contributed by atoms with E-state index in [1.54, 1.807) is 11.8 Å². The minimum Gasteiger partial charge on any atom is -0.497 e. The normalized spacial score (nSPS) is 13.8. The van der Waals surface area contributed by atoms with Crippen molar-refractivity contribution >= 4 is 0 Å². The molecule has 1 N–H and O–H groups in total. The fraction of sp³-hybridized carbons (Fsp3) is 0.238. The van der Waals surface area contributed by atoms with Crippen molar-refractivity contribution in [3.8, 4) is 17.5 Å². The second-order valence-corrected chi connectivity index (χ2v) is 6.68. The molecule has 0 saturated carbocycles. The summed E-state index contributed by atoms with van der Waals surface area (Å²) in [6, 6.07) is 17.3. The molecule has 0 atom stereocenters. The van der Waals surface area contributed by atoms with Crippen molar-refractivity contribution in [2.24, 2.45) is 0 Å².